The van der Waals surface area contributed by atoms with E-state index < -0.39 is 0 Å². The molecule has 3 N–H and O–H groups in total. The maximum absolute atomic E-state index is 5.48. The van der Waals surface area contributed by atoms with Gasteiger partial charge in [-0.2, -0.15) is 0 Å². The van der Waals surface area contributed by atoms with Crippen LogP contribution in [-0.4, -0.2) is 9.97 Å². The van der Waals surface area contributed by atoms with E-state index in [1.165, 1.54) is 16.0 Å². The van der Waals surface area contributed by atoms with E-state index in [-0.39, 0.29) is 0 Å². The summed E-state index contributed by atoms with van der Waals surface area (Å²) in [5.74, 6) is 6.97. The topological polar surface area (TPSA) is 63.8 Å². The molecule has 1 aromatic heterocycles. The summed E-state index contributed by atoms with van der Waals surface area (Å²) in [6, 6.07) is 8.31. The van der Waals surface area contributed by atoms with E-state index in [1.807, 2.05) is 6.07 Å². The molecule has 1 heterocycles. The summed E-state index contributed by atoms with van der Waals surface area (Å²) in [6.07, 6.45) is 1.87. The molecule has 2 aromatic rings. The van der Waals surface area contributed by atoms with E-state index >= 15 is 0 Å². The lowest BCUT2D eigenvalue weighted by Crippen LogP contribution is -2.10. The third-order valence-corrected chi connectivity index (χ3v) is 4.01. The van der Waals surface area contributed by atoms with Gasteiger partial charge in [0.05, 0.1) is 0 Å². The van der Waals surface area contributed by atoms with Gasteiger partial charge in [0.2, 0.25) is 0 Å². The van der Waals surface area contributed by atoms with Crippen LogP contribution in [-0.2, 0) is 6.42 Å². The van der Waals surface area contributed by atoms with Crippen LogP contribution in [0.5, 0.6) is 0 Å². The highest BCUT2D eigenvalue weighted by atomic mass is 32.2. The first-order valence-electron chi connectivity index (χ1n) is 6.72. The van der Waals surface area contributed by atoms with E-state index in [4.69, 9.17) is 5.84 Å². The molecule has 2 rings (SSSR count). The Hall–Kier alpha value is -1.59. The van der Waals surface area contributed by atoms with Gasteiger partial charge in [-0.3, -0.25) is 0 Å². The molecule has 0 radical (unpaired) electrons. The quantitative estimate of drug-likeness (QED) is 0.501. The number of benzene rings is 1. The first-order chi connectivity index (χ1) is 9.62. The molecule has 0 unspecified atom stereocenters. The van der Waals surface area contributed by atoms with Gasteiger partial charge in [-0.25, -0.2) is 15.8 Å². The van der Waals surface area contributed by atoms with Crippen LogP contribution in [0.25, 0.3) is 0 Å². The summed E-state index contributed by atoms with van der Waals surface area (Å²) in [5.41, 5.74) is 5.14. The molecule has 0 aliphatic heterocycles. The van der Waals surface area contributed by atoms with Gasteiger partial charge in [-0.1, -0.05) is 36.4 Å². The summed E-state index contributed by atoms with van der Waals surface area (Å²) in [7, 11) is 0. The van der Waals surface area contributed by atoms with Crippen molar-refractivity contribution in [2.24, 2.45) is 5.84 Å². The van der Waals surface area contributed by atoms with E-state index in [1.54, 1.807) is 11.8 Å². The molecule has 1 aromatic carbocycles. The first kappa shape index (κ1) is 14.8. The van der Waals surface area contributed by atoms with E-state index in [2.05, 4.69) is 54.4 Å². The van der Waals surface area contributed by atoms with Gasteiger partial charge in [0, 0.05) is 17.4 Å². The van der Waals surface area contributed by atoms with Crippen LogP contribution in [0.1, 0.15) is 30.3 Å². The monoisotopic (exact) mass is 288 g/mol. The van der Waals surface area contributed by atoms with Gasteiger partial charge in [0.1, 0.15) is 16.7 Å². The van der Waals surface area contributed by atoms with Gasteiger partial charge < -0.3 is 5.43 Å². The molecule has 0 aliphatic rings. The zero-order valence-electron chi connectivity index (χ0n) is 12.1. The number of aromatic nitrogens is 2. The number of nitrogens with one attached hydrogen (secondary N) is 1. The van der Waals surface area contributed by atoms with Crippen molar-refractivity contribution in [3.63, 3.8) is 0 Å². The van der Waals surface area contributed by atoms with Crippen molar-refractivity contribution in [3.05, 3.63) is 41.2 Å². The van der Waals surface area contributed by atoms with E-state index in [0.29, 0.717) is 5.82 Å². The number of nitrogen functional groups attached to an aromatic ring is 1. The molecule has 0 aliphatic carbocycles. The Balaban J connectivity index is 2.29. The summed E-state index contributed by atoms with van der Waals surface area (Å²) in [6.45, 7) is 6.33. The fourth-order valence-corrected chi connectivity index (χ4v) is 2.86. The molecule has 20 heavy (non-hydrogen) atoms. The van der Waals surface area contributed by atoms with Crippen LogP contribution < -0.4 is 11.3 Å². The number of rotatable bonds is 5. The van der Waals surface area contributed by atoms with Crippen LogP contribution in [0.15, 0.2) is 34.2 Å². The van der Waals surface area contributed by atoms with Crippen LogP contribution in [0.3, 0.4) is 0 Å². The first-order valence-corrected chi connectivity index (χ1v) is 7.53. The number of anilines is 1. The van der Waals surface area contributed by atoms with Crippen molar-refractivity contribution in [1.29, 1.82) is 0 Å². The number of aryl methyl sites for hydroxylation is 3. The Morgan fingerprint density at radius 2 is 2.00 bits per heavy atom. The van der Waals surface area contributed by atoms with Crippen LogP contribution in [0, 0.1) is 13.8 Å². The number of hydrogen-bond acceptors (Lipinski definition) is 5. The second-order valence-corrected chi connectivity index (χ2v) is 5.84. The molecule has 0 spiro atoms. The highest BCUT2D eigenvalue weighted by Gasteiger charge is 2.07. The third kappa shape index (κ3) is 3.71. The van der Waals surface area contributed by atoms with Crippen molar-refractivity contribution in [3.8, 4) is 0 Å². The second kappa shape index (κ2) is 6.72. The molecule has 5 heteroatoms. The molecule has 0 fully saturated rings. The van der Waals surface area contributed by atoms with Gasteiger partial charge in [-0.05, 0) is 31.9 Å². The summed E-state index contributed by atoms with van der Waals surface area (Å²) in [4.78, 5) is 10.2. The lowest BCUT2D eigenvalue weighted by molar-refractivity contribution is 0.810. The summed E-state index contributed by atoms with van der Waals surface area (Å²) >= 11 is 1.65. The zero-order valence-corrected chi connectivity index (χ0v) is 12.9. The second-order valence-electron chi connectivity index (χ2n) is 4.77. The Morgan fingerprint density at radius 1 is 1.20 bits per heavy atom. The maximum Gasteiger partial charge on any atom is 0.144 e. The summed E-state index contributed by atoms with van der Waals surface area (Å²) < 4.78 is 0. The Kier molecular flexibility index (Phi) is 4.98. The predicted molar refractivity (Wildman–Crippen MR) is 83.9 cm³/mol. The fraction of sp³-hybridized carbons (Fsp3) is 0.333. The van der Waals surface area contributed by atoms with E-state index in [0.717, 1.165) is 23.7 Å². The predicted octanol–water partition coefficient (Wildman–Crippen LogP) is 3.48. The third-order valence-electron chi connectivity index (χ3n) is 2.92. The largest absolute Gasteiger partial charge is 0.308 e. The van der Waals surface area contributed by atoms with Gasteiger partial charge in [-0.15, -0.1) is 0 Å². The van der Waals surface area contributed by atoms with Crippen molar-refractivity contribution in [1.82, 2.24) is 9.97 Å². The van der Waals surface area contributed by atoms with Crippen LogP contribution >= 0.6 is 11.8 Å². The Morgan fingerprint density at radius 3 is 2.65 bits per heavy atom. The smallest absolute Gasteiger partial charge is 0.144 e. The molecular formula is C15H20N4S. The average Bonchev–Trinajstić information content (AvgIpc) is 2.42. The number of hydrazine groups is 1. The highest BCUT2D eigenvalue weighted by Crippen LogP contribution is 2.30. The number of nitrogens with two attached hydrogens (primary N) is 1. The number of nitrogens with zero attached hydrogens (tertiary/aromatic N) is 2. The lowest BCUT2D eigenvalue weighted by atomic mass is 10.2. The standard InChI is InChI=1S/C15H20N4S/c1-4-5-13-17-14(19-16)9-15(18-13)20-12-7-6-10(2)8-11(12)3/h6-9H,4-5,16H2,1-3H3,(H,17,18,19). The highest BCUT2D eigenvalue weighted by molar-refractivity contribution is 7.99. The maximum atomic E-state index is 5.48. The Labute approximate surface area is 124 Å². The average molecular weight is 288 g/mol. The van der Waals surface area contributed by atoms with Gasteiger partial charge in [0.15, 0.2) is 0 Å². The van der Waals surface area contributed by atoms with Crippen molar-refractivity contribution in [2.45, 2.75) is 43.5 Å². The van der Waals surface area contributed by atoms with Crippen molar-refractivity contribution >= 4 is 17.6 Å². The zero-order chi connectivity index (χ0) is 14.5. The van der Waals surface area contributed by atoms with Gasteiger partial charge in [0.25, 0.3) is 0 Å². The van der Waals surface area contributed by atoms with E-state index in [9.17, 15) is 0 Å². The minimum absolute atomic E-state index is 0.663. The molecule has 0 saturated heterocycles. The van der Waals surface area contributed by atoms with Gasteiger partial charge >= 0.3 is 0 Å². The molecule has 106 valence electrons. The summed E-state index contributed by atoms with van der Waals surface area (Å²) in [5, 5.41) is 0.920. The molecule has 0 bridgehead atoms. The molecular weight excluding hydrogens is 268 g/mol. The SMILES string of the molecule is CCCc1nc(NN)cc(Sc2ccc(C)cc2C)n1. The van der Waals surface area contributed by atoms with Crippen molar-refractivity contribution < 1.29 is 0 Å². The molecule has 0 amide bonds. The minimum atomic E-state index is 0.663. The Bertz CT molecular complexity index is 598. The minimum Gasteiger partial charge on any atom is -0.308 e. The van der Waals surface area contributed by atoms with Crippen LogP contribution in [0.4, 0.5) is 5.82 Å². The van der Waals surface area contributed by atoms with Crippen molar-refractivity contribution in [2.75, 3.05) is 5.43 Å². The lowest BCUT2D eigenvalue weighted by Gasteiger charge is -2.09. The van der Waals surface area contributed by atoms with Crippen LogP contribution in [0.2, 0.25) is 0 Å². The normalized spacial score (nSPS) is 10.6. The molecule has 0 atom stereocenters. The number of hydrogen-bond donors (Lipinski definition) is 2. The molecule has 4 nitrogen and oxygen atoms in total. The molecule has 0 saturated carbocycles. The fourth-order valence-electron chi connectivity index (χ4n) is 1.96.